The first kappa shape index (κ1) is 15.4. The molecule has 0 aliphatic heterocycles. The molecule has 23 heavy (non-hydrogen) atoms. The first-order chi connectivity index (χ1) is 11.1. The molecule has 0 aliphatic rings. The molecule has 0 saturated carbocycles. The predicted octanol–water partition coefficient (Wildman–Crippen LogP) is 3.12. The summed E-state index contributed by atoms with van der Waals surface area (Å²) in [6.45, 7) is 2.42. The zero-order chi connectivity index (χ0) is 16.4. The number of nitrogens with zero attached hydrogens (tertiary/aromatic N) is 2. The van der Waals surface area contributed by atoms with Crippen LogP contribution in [-0.2, 0) is 17.9 Å². The van der Waals surface area contributed by atoms with E-state index >= 15 is 0 Å². The fourth-order valence-electron chi connectivity index (χ4n) is 2.64. The highest BCUT2D eigenvalue weighted by Gasteiger charge is 2.14. The van der Waals surface area contributed by atoms with Gasteiger partial charge < -0.3 is 5.32 Å². The highest BCUT2D eigenvalue weighted by molar-refractivity contribution is 6.30. The lowest BCUT2D eigenvalue weighted by atomic mass is 10.3. The smallest absolute Gasteiger partial charge is 0.324 e. The molecule has 0 spiro atoms. The van der Waals surface area contributed by atoms with Crippen LogP contribution in [0.2, 0.25) is 5.02 Å². The molecule has 0 atom stereocenters. The minimum atomic E-state index is -0.270. The molecule has 0 radical (unpaired) electrons. The van der Waals surface area contributed by atoms with Gasteiger partial charge in [0.2, 0.25) is 5.91 Å². The topological polar surface area (TPSA) is 56.0 Å². The fraction of sp³-hybridized carbons (Fsp3) is 0.176. The van der Waals surface area contributed by atoms with Crippen molar-refractivity contribution in [3.63, 3.8) is 0 Å². The standard InChI is InChI=1S/C17H16ClN3O2/c1-2-20-14-8-3-4-9-15(14)21(17(20)23)11-16(22)19-13-7-5-6-12(18)10-13/h3-10H,2,11H2,1H3,(H,19,22). The van der Waals surface area contributed by atoms with E-state index in [2.05, 4.69) is 5.32 Å². The molecule has 118 valence electrons. The molecule has 5 nitrogen and oxygen atoms in total. The number of halogens is 1. The van der Waals surface area contributed by atoms with Gasteiger partial charge in [-0.05, 0) is 37.3 Å². The molecular formula is C17H16ClN3O2. The highest BCUT2D eigenvalue weighted by Crippen LogP contribution is 2.16. The van der Waals surface area contributed by atoms with E-state index in [1.54, 1.807) is 28.8 Å². The molecule has 0 aliphatic carbocycles. The molecule has 1 N–H and O–H groups in total. The van der Waals surface area contributed by atoms with Gasteiger partial charge in [-0.2, -0.15) is 0 Å². The second-order valence-electron chi connectivity index (χ2n) is 5.16. The maximum absolute atomic E-state index is 12.5. The molecular weight excluding hydrogens is 314 g/mol. The largest absolute Gasteiger partial charge is 0.329 e. The predicted molar refractivity (Wildman–Crippen MR) is 92.0 cm³/mol. The molecule has 0 fully saturated rings. The van der Waals surface area contributed by atoms with Crippen molar-refractivity contribution < 1.29 is 4.79 Å². The lowest BCUT2D eigenvalue weighted by Gasteiger charge is -2.06. The summed E-state index contributed by atoms with van der Waals surface area (Å²) in [5, 5.41) is 3.30. The molecule has 1 aromatic heterocycles. The van der Waals surface area contributed by atoms with E-state index in [0.29, 0.717) is 17.3 Å². The molecule has 0 saturated heterocycles. The van der Waals surface area contributed by atoms with Gasteiger partial charge in [0.25, 0.3) is 0 Å². The number of carbonyl (C=O) groups excluding carboxylic acids is 1. The van der Waals surface area contributed by atoms with Gasteiger partial charge in [-0.1, -0.05) is 29.8 Å². The summed E-state index contributed by atoms with van der Waals surface area (Å²) in [6, 6.07) is 14.4. The second kappa shape index (κ2) is 6.30. The van der Waals surface area contributed by atoms with Crippen molar-refractivity contribution in [3.05, 3.63) is 64.0 Å². The van der Waals surface area contributed by atoms with Crippen LogP contribution in [0, 0.1) is 0 Å². The maximum atomic E-state index is 12.5. The first-order valence-electron chi connectivity index (χ1n) is 7.33. The number of benzene rings is 2. The van der Waals surface area contributed by atoms with Crippen LogP contribution in [0.3, 0.4) is 0 Å². The van der Waals surface area contributed by atoms with E-state index in [9.17, 15) is 9.59 Å². The summed E-state index contributed by atoms with van der Waals surface area (Å²) in [4.78, 5) is 24.7. The van der Waals surface area contributed by atoms with Gasteiger partial charge in [0, 0.05) is 17.3 Å². The number of rotatable bonds is 4. The van der Waals surface area contributed by atoms with Gasteiger partial charge in [0.1, 0.15) is 6.54 Å². The Balaban J connectivity index is 1.91. The van der Waals surface area contributed by atoms with Crippen LogP contribution in [0.1, 0.15) is 6.92 Å². The van der Waals surface area contributed by atoms with E-state index in [1.165, 1.54) is 4.57 Å². The lowest BCUT2D eigenvalue weighted by Crippen LogP contribution is -2.29. The average Bonchev–Trinajstić information content (AvgIpc) is 2.79. The minimum Gasteiger partial charge on any atom is -0.324 e. The molecule has 3 aromatic rings. The highest BCUT2D eigenvalue weighted by atomic mass is 35.5. The van der Waals surface area contributed by atoms with Crippen LogP contribution in [0.25, 0.3) is 11.0 Å². The summed E-state index contributed by atoms with van der Waals surface area (Å²) in [6.07, 6.45) is 0. The number of hydrogen-bond donors (Lipinski definition) is 1. The first-order valence-corrected chi connectivity index (χ1v) is 7.71. The summed E-state index contributed by atoms with van der Waals surface area (Å²) < 4.78 is 3.14. The summed E-state index contributed by atoms with van der Waals surface area (Å²) in [5.41, 5.74) is 2.00. The lowest BCUT2D eigenvalue weighted by molar-refractivity contribution is -0.116. The molecule has 0 bridgehead atoms. The van der Waals surface area contributed by atoms with Crippen molar-refractivity contribution in [1.29, 1.82) is 0 Å². The van der Waals surface area contributed by atoms with Crippen LogP contribution in [0.15, 0.2) is 53.3 Å². The maximum Gasteiger partial charge on any atom is 0.329 e. The fourth-order valence-corrected chi connectivity index (χ4v) is 2.83. The van der Waals surface area contributed by atoms with E-state index in [-0.39, 0.29) is 18.1 Å². The second-order valence-corrected chi connectivity index (χ2v) is 5.60. The molecule has 6 heteroatoms. The zero-order valence-electron chi connectivity index (χ0n) is 12.6. The Kier molecular flexibility index (Phi) is 4.21. The number of hydrogen-bond acceptors (Lipinski definition) is 2. The van der Waals surface area contributed by atoms with Gasteiger partial charge in [-0.3, -0.25) is 13.9 Å². The van der Waals surface area contributed by atoms with Crippen LogP contribution in [0.4, 0.5) is 5.69 Å². The number of amides is 1. The Hall–Kier alpha value is -2.53. The summed E-state index contributed by atoms with van der Waals surface area (Å²) in [5.74, 6) is -0.270. The van der Waals surface area contributed by atoms with Gasteiger partial charge in [0.05, 0.1) is 11.0 Å². The number of nitrogens with one attached hydrogen (secondary N) is 1. The molecule has 3 rings (SSSR count). The van der Waals surface area contributed by atoms with Crippen molar-refractivity contribution in [1.82, 2.24) is 9.13 Å². The van der Waals surface area contributed by atoms with Crippen LogP contribution >= 0.6 is 11.6 Å². The van der Waals surface area contributed by atoms with Crippen molar-refractivity contribution in [2.45, 2.75) is 20.0 Å². The third kappa shape index (κ3) is 3.00. The quantitative estimate of drug-likeness (QED) is 0.799. The van der Waals surface area contributed by atoms with Gasteiger partial charge in [-0.25, -0.2) is 4.79 Å². The number of para-hydroxylation sites is 2. The Bertz CT molecular complexity index is 927. The molecule has 1 heterocycles. The van der Waals surface area contributed by atoms with Crippen LogP contribution < -0.4 is 11.0 Å². The van der Waals surface area contributed by atoms with Crippen LogP contribution in [-0.4, -0.2) is 15.0 Å². The molecule has 0 unspecified atom stereocenters. The Morgan fingerprint density at radius 3 is 2.43 bits per heavy atom. The van der Waals surface area contributed by atoms with Gasteiger partial charge in [-0.15, -0.1) is 0 Å². The van der Waals surface area contributed by atoms with Crippen molar-refractivity contribution in [2.75, 3.05) is 5.32 Å². The Morgan fingerprint density at radius 2 is 1.78 bits per heavy atom. The SMILES string of the molecule is CCn1c(=O)n(CC(=O)Nc2cccc(Cl)c2)c2ccccc21. The van der Waals surface area contributed by atoms with Gasteiger partial charge >= 0.3 is 5.69 Å². The monoisotopic (exact) mass is 329 g/mol. The van der Waals surface area contributed by atoms with E-state index < -0.39 is 0 Å². The normalized spacial score (nSPS) is 10.9. The van der Waals surface area contributed by atoms with Crippen LogP contribution in [0.5, 0.6) is 0 Å². The summed E-state index contributed by atoms with van der Waals surface area (Å²) >= 11 is 5.90. The Labute approximate surface area is 138 Å². The number of aryl methyl sites for hydroxylation is 1. The molecule has 1 amide bonds. The average molecular weight is 330 g/mol. The van der Waals surface area contributed by atoms with E-state index in [0.717, 1.165) is 11.0 Å². The van der Waals surface area contributed by atoms with Crippen molar-refractivity contribution in [3.8, 4) is 0 Å². The number of aromatic nitrogens is 2. The number of imidazole rings is 1. The summed E-state index contributed by atoms with van der Waals surface area (Å²) in [7, 11) is 0. The van der Waals surface area contributed by atoms with E-state index in [4.69, 9.17) is 11.6 Å². The van der Waals surface area contributed by atoms with Crippen molar-refractivity contribution >= 4 is 34.2 Å². The third-order valence-electron chi connectivity index (χ3n) is 3.65. The number of carbonyl (C=O) groups is 1. The number of anilines is 1. The van der Waals surface area contributed by atoms with Crippen molar-refractivity contribution in [2.24, 2.45) is 0 Å². The Morgan fingerprint density at radius 1 is 1.09 bits per heavy atom. The molecule has 2 aromatic carbocycles. The van der Waals surface area contributed by atoms with E-state index in [1.807, 2.05) is 31.2 Å². The third-order valence-corrected chi connectivity index (χ3v) is 3.89. The minimum absolute atomic E-state index is 0.0428. The zero-order valence-corrected chi connectivity index (χ0v) is 13.4. The number of fused-ring (bicyclic) bond motifs is 1. The van der Waals surface area contributed by atoms with Gasteiger partial charge in [0.15, 0.2) is 0 Å².